The predicted octanol–water partition coefficient (Wildman–Crippen LogP) is 4.27. The van der Waals surface area contributed by atoms with Crippen LogP contribution in [-0.4, -0.2) is 30.0 Å². The molecule has 0 fully saturated rings. The Kier molecular flexibility index (Phi) is 5.67. The number of nitrogens with zero attached hydrogens (tertiary/aromatic N) is 8. The molecule has 6 aromatic rings. The van der Waals surface area contributed by atoms with Crippen LogP contribution in [0.15, 0.2) is 133 Å². The predicted molar refractivity (Wildman–Crippen MR) is 146 cm³/mol. The summed E-state index contributed by atoms with van der Waals surface area (Å²) in [4.78, 5) is 3.36. The van der Waals surface area contributed by atoms with Crippen LogP contribution in [0.4, 0.5) is 0 Å². The highest BCUT2D eigenvalue weighted by Crippen LogP contribution is 2.33. The Labute approximate surface area is 225 Å². The number of allylic oxidation sites excluding steroid dienone is 4. The average molecular weight is 509 g/mol. The van der Waals surface area contributed by atoms with Crippen molar-refractivity contribution in [3.63, 3.8) is 0 Å². The Morgan fingerprint density at radius 2 is 0.821 bits per heavy atom. The molecular weight excluding hydrogens is 484 g/mol. The molecule has 1 aliphatic carbocycles. The molecule has 0 aliphatic heterocycles. The number of benzene rings is 4. The van der Waals surface area contributed by atoms with Gasteiger partial charge in [0.2, 0.25) is 0 Å². The van der Waals surface area contributed by atoms with Gasteiger partial charge in [0, 0.05) is 27.2 Å². The van der Waals surface area contributed by atoms with Crippen molar-refractivity contribution in [3.05, 3.63) is 145 Å². The van der Waals surface area contributed by atoms with Crippen LogP contribution in [0.1, 0.15) is 18.1 Å². The van der Waals surface area contributed by atoms with Crippen molar-refractivity contribution in [3.8, 4) is 22.7 Å². The van der Waals surface area contributed by atoms with Crippen LogP contribution >= 0.6 is 0 Å². The average Bonchev–Trinajstić information content (AvgIpc) is 3.77. The minimum atomic E-state index is 0.640. The SMILES string of the molecule is C1=C(c2n[n+](-c3ccccc3)nn2-c2ccccc2)CC(c2n[n+](-c3ccccc3)nn2-c2ccccc2)=C1. The molecule has 2 heterocycles. The standard InChI is InChI=1S/C31H24N8/c1-5-13-26(14-6-1)36-30(32-38(34-36)28-17-9-3-10-18-28)24-21-22-25(23-24)31-33-39(29-19-11-4-12-20-29)35-37(31)27-15-7-2-8-16-27/h1-22H,23H2/q+2. The summed E-state index contributed by atoms with van der Waals surface area (Å²) >= 11 is 0. The topological polar surface area (TPSA) is 69.2 Å². The molecule has 0 spiro atoms. The second-order valence-corrected chi connectivity index (χ2v) is 9.13. The van der Waals surface area contributed by atoms with Gasteiger partial charge in [-0.15, -0.1) is 0 Å². The molecule has 0 unspecified atom stereocenters. The van der Waals surface area contributed by atoms with E-state index in [-0.39, 0.29) is 0 Å². The molecule has 0 radical (unpaired) electrons. The van der Waals surface area contributed by atoms with Crippen LogP contribution in [0.5, 0.6) is 0 Å². The van der Waals surface area contributed by atoms with Crippen molar-refractivity contribution in [1.29, 1.82) is 0 Å². The lowest BCUT2D eigenvalue weighted by Crippen LogP contribution is -2.36. The molecule has 186 valence electrons. The fourth-order valence-corrected chi connectivity index (χ4v) is 4.62. The largest absolute Gasteiger partial charge is 0.292 e. The number of rotatable bonds is 6. The van der Waals surface area contributed by atoms with Gasteiger partial charge in [-0.05, 0) is 58.7 Å². The van der Waals surface area contributed by atoms with E-state index >= 15 is 0 Å². The van der Waals surface area contributed by atoms with Gasteiger partial charge < -0.3 is 0 Å². The smallest absolute Gasteiger partial charge is 0.0741 e. The van der Waals surface area contributed by atoms with Crippen LogP contribution in [0.2, 0.25) is 0 Å². The minimum absolute atomic E-state index is 0.640. The maximum absolute atomic E-state index is 4.92. The zero-order valence-electron chi connectivity index (χ0n) is 21.0. The Hall–Kier alpha value is -5.50. The summed E-state index contributed by atoms with van der Waals surface area (Å²) in [5.74, 6) is 1.55. The van der Waals surface area contributed by atoms with Gasteiger partial charge in [-0.1, -0.05) is 94.3 Å². The van der Waals surface area contributed by atoms with Gasteiger partial charge in [-0.3, -0.25) is 0 Å². The number of hydrogen-bond acceptors (Lipinski definition) is 4. The molecule has 4 aromatic carbocycles. The third-order valence-corrected chi connectivity index (χ3v) is 6.55. The Balaban J connectivity index is 1.28. The molecule has 7 rings (SSSR count). The third kappa shape index (κ3) is 4.34. The van der Waals surface area contributed by atoms with Crippen molar-refractivity contribution < 1.29 is 9.59 Å². The lowest BCUT2D eigenvalue weighted by atomic mass is 10.1. The minimum Gasteiger partial charge on any atom is -0.0741 e. The molecule has 0 N–H and O–H groups in total. The first-order valence-corrected chi connectivity index (χ1v) is 12.7. The highest BCUT2D eigenvalue weighted by Gasteiger charge is 2.31. The molecular formula is C31H24N8+2. The van der Waals surface area contributed by atoms with Crippen LogP contribution in [0.3, 0.4) is 0 Å². The summed E-state index contributed by atoms with van der Waals surface area (Å²) in [5.41, 5.74) is 5.77. The van der Waals surface area contributed by atoms with E-state index in [9.17, 15) is 0 Å². The highest BCUT2D eigenvalue weighted by atomic mass is 15.6. The molecule has 0 bridgehead atoms. The third-order valence-electron chi connectivity index (χ3n) is 6.55. The zero-order valence-corrected chi connectivity index (χ0v) is 21.0. The monoisotopic (exact) mass is 508 g/mol. The van der Waals surface area contributed by atoms with Gasteiger partial charge in [0.25, 0.3) is 11.6 Å². The first-order valence-electron chi connectivity index (χ1n) is 12.7. The van der Waals surface area contributed by atoms with Crippen molar-refractivity contribution in [2.75, 3.05) is 0 Å². The number of hydrogen-bond donors (Lipinski definition) is 0. The fraction of sp³-hybridized carbons (Fsp3) is 0.0323. The maximum Gasteiger partial charge on any atom is 0.292 e. The van der Waals surface area contributed by atoms with Gasteiger partial charge in [0.1, 0.15) is 10.4 Å². The molecule has 2 aromatic heterocycles. The molecule has 0 saturated heterocycles. The molecule has 0 saturated carbocycles. The van der Waals surface area contributed by atoms with Gasteiger partial charge in [-0.25, -0.2) is 0 Å². The van der Waals surface area contributed by atoms with Gasteiger partial charge in [0.05, 0.1) is 0 Å². The molecule has 39 heavy (non-hydrogen) atoms. The summed E-state index contributed by atoms with van der Waals surface area (Å²) in [6.07, 6.45) is 4.84. The number of para-hydroxylation sites is 4. The fourth-order valence-electron chi connectivity index (χ4n) is 4.62. The van der Waals surface area contributed by atoms with Gasteiger partial charge >= 0.3 is 0 Å². The van der Waals surface area contributed by atoms with E-state index in [0.717, 1.165) is 45.5 Å². The normalized spacial score (nSPS) is 12.8. The summed E-state index contributed by atoms with van der Waals surface area (Å²) in [6, 6.07) is 40.0. The Morgan fingerprint density at radius 1 is 0.462 bits per heavy atom. The van der Waals surface area contributed by atoms with E-state index in [1.807, 2.05) is 131 Å². The molecule has 8 nitrogen and oxygen atoms in total. The second kappa shape index (κ2) is 9.75. The molecule has 8 heteroatoms. The summed E-state index contributed by atoms with van der Waals surface area (Å²) < 4.78 is 3.78. The maximum atomic E-state index is 4.92. The van der Waals surface area contributed by atoms with Crippen LogP contribution in [0.25, 0.3) is 33.9 Å². The van der Waals surface area contributed by atoms with E-state index in [0.29, 0.717) is 6.42 Å². The number of tetrazole rings is 2. The summed E-state index contributed by atoms with van der Waals surface area (Å²) in [7, 11) is 0. The lowest BCUT2D eigenvalue weighted by Gasteiger charge is -2.00. The van der Waals surface area contributed by atoms with Gasteiger partial charge in [0.15, 0.2) is 22.7 Å². The summed E-state index contributed by atoms with van der Waals surface area (Å²) in [6.45, 7) is 0. The lowest BCUT2D eigenvalue weighted by molar-refractivity contribution is -0.718. The van der Waals surface area contributed by atoms with E-state index in [2.05, 4.69) is 12.2 Å². The number of aromatic nitrogens is 8. The van der Waals surface area contributed by atoms with E-state index < -0.39 is 0 Å². The summed E-state index contributed by atoms with van der Waals surface area (Å²) in [5, 5.41) is 19.5. The molecule has 1 aliphatic rings. The van der Waals surface area contributed by atoms with Crippen molar-refractivity contribution in [2.45, 2.75) is 6.42 Å². The Morgan fingerprint density at radius 3 is 1.21 bits per heavy atom. The van der Waals surface area contributed by atoms with Crippen LogP contribution < -0.4 is 9.59 Å². The van der Waals surface area contributed by atoms with Gasteiger partial charge in [-0.2, -0.15) is 0 Å². The second-order valence-electron chi connectivity index (χ2n) is 9.13. The first kappa shape index (κ1) is 22.7. The van der Waals surface area contributed by atoms with Crippen LogP contribution in [-0.2, 0) is 0 Å². The zero-order chi connectivity index (χ0) is 26.0. The van der Waals surface area contributed by atoms with E-state index in [1.165, 1.54) is 0 Å². The van der Waals surface area contributed by atoms with Crippen molar-refractivity contribution >= 4 is 11.1 Å². The first-order chi connectivity index (χ1) is 19.3. The Bertz CT molecular complexity index is 1670. The van der Waals surface area contributed by atoms with E-state index in [4.69, 9.17) is 20.6 Å². The van der Waals surface area contributed by atoms with Crippen molar-refractivity contribution in [2.24, 2.45) is 0 Å². The molecule has 0 amide bonds. The van der Waals surface area contributed by atoms with E-state index in [1.54, 1.807) is 9.59 Å². The highest BCUT2D eigenvalue weighted by molar-refractivity contribution is 5.83. The quantitative estimate of drug-likeness (QED) is 0.315. The van der Waals surface area contributed by atoms with Crippen LogP contribution in [0, 0.1) is 0 Å². The van der Waals surface area contributed by atoms with Crippen molar-refractivity contribution in [1.82, 2.24) is 30.0 Å². The molecule has 0 atom stereocenters.